The lowest BCUT2D eigenvalue weighted by Crippen LogP contribution is -2.45. The highest BCUT2D eigenvalue weighted by Crippen LogP contribution is 2.27. The molecule has 0 aliphatic heterocycles. The van der Waals surface area contributed by atoms with E-state index in [9.17, 15) is 23.6 Å². The van der Waals surface area contributed by atoms with Crippen molar-refractivity contribution >= 4 is 40.3 Å². The lowest BCUT2D eigenvalue weighted by molar-refractivity contribution is -0.155. The summed E-state index contributed by atoms with van der Waals surface area (Å²) in [7, 11) is 1.50. The quantitative estimate of drug-likeness (QED) is 0.415. The molecule has 9 nitrogen and oxygen atoms in total. The molecule has 2 atom stereocenters. The second kappa shape index (κ2) is 12.0. The summed E-state index contributed by atoms with van der Waals surface area (Å²) in [6, 6.07) is 1.59. The summed E-state index contributed by atoms with van der Waals surface area (Å²) in [5.74, 6) is -2.68. The first-order chi connectivity index (χ1) is 15.1. The Balaban J connectivity index is 2.95. The predicted molar refractivity (Wildman–Crippen MR) is 122 cm³/mol. The Morgan fingerprint density at radius 1 is 1.03 bits per heavy atom. The van der Waals surface area contributed by atoms with E-state index in [2.05, 4.69) is 5.32 Å². The number of carbonyl (C=O) groups excluding carboxylic acids is 4. The molecular weight excluding hydrogens is 455 g/mol. The molecule has 2 amide bonds. The minimum atomic E-state index is -2.13. The van der Waals surface area contributed by atoms with Crippen LogP contribution in [0.1, 0.15) is 64.6 Å². The van der Waals surface area contributed by atoms with Crippen molar-refractivity contribution in [2.75, 3.05) is 11.9 Å². The summed E-state index contributed by atoms with van der Waals surface area (Å²) in [5.41, 5.74) is -0.688. The number of rotatable bonds is 9. The third kappa shape index (κ3) is 9.77. The first kappa shape index (κ1) is 28.3. The first-order valence-corrected chi connectivity index (χ1v) is 11.3. The van der Waals surface area contributed by atoms with Gasteiger partial charge in [-0.25, -0.2) is 18.8 Å². The third-order valence-electron chi connectivity index (χ3n) is 3.81. The zero-order valence-electron chi connectivity index (χ0n) is 20.3. The number of nitrogens with zero attached hydrogens (tertiary/aromatic N) is 1. The molecule has 1 N–H and O–H groups in total. The van der Waals surface area contributed by atoms with Gasteiger partial charge in [-0.15, -0.1) is 11.3 Å². The van der Waals surface area contributed by atoms with Gasteiger partial charge in [0.15, 0.2) is 6.17 Å². The Morgan fingerprint density at radius 3 is 2.09 bits per heavy atom. The number of carbonyl (C=O) groups is 4. The van der Waals surface area contributed by atoms with Crippen LogP contribution in [0.2, 0.25) is 0 Å². The minimum absolute atomic E-state index is 0.169. The van der Waals surface area contributed by atoms with Gasteiger partial charge in [-0.3, -0.25) is 9.69 Å². The van der Waals surface area contributed by atoms with Crippen LogP contribution in [0.4, 0.5) is 14.2 Å². The fourth-order valence-corrected chi connectivity index (χ4v) is 3.28. The van der Waals surface area contributed by atoms with Crippen LogP contribution in [-0.4, -0.2) is 61.0 Å². The lowest BCUT2D eigenvalue weighted by Gasteiger charge is -2.23. The van der Waals surface area contributed by atoms with Gasteiger partial charge in [-0.1, -0.05) is 0 Å². The van der Waals surface area contributed by atoms with E-state index in [1.165, 1.54) is 18.0 Å². The van der Waals surface area contributed by atoms with Crippen molar-refractivity contribution in [1.82, 2.24) is 5.32 Å². The van der Waals surface area contributed by atoms with Crippen LogP contribution in [0.3, 0.4) is 0 Å². The number of amides is 2. The standard InChI is InChI=1S/C22H33FN2O7S/c1-12(2)30-19(27)14(23)11-15(20(28)31-13(3)4)24-18(26)16-9-10-17(33-16)25(8)21(29)32-22(5,6)7/h9-10,12-15H,11H2,1-8H3,(H,24,26)/t14-,15+/m1/s1. The number of hydrogen-bond donors (Lipinski definition) is 1. The van der Waals surface area contributed by atoms with E-state index >= 15 is 0 Å². The zero-order chi connectivity index (χ0) is 25.5. The van der Waals surface area contributed by atoms with Crippen molar-refractivity contribution in [2.24, 2.45) is 0 Å². The zero-order valence-corrected chi connectivity index (χ0v) is 21.1. The molecule has 0 saturated heterocycles. The molecule has 0 fully saturated rings. The van der Waals surface area contributed by atoms with Crippen molar-refractivity contribution in [2.45, 2.75) is 84.9 Å². The predicted octanol–water partition coefficient (Wildman–Crippen LogP) is 3.85. The number of hydrogen-bond acceptors (Lipinski definition) is 8. The summed E-state index contributed by atoms with van der Waals surface area (Å²) in [6.45, 7) is 11.6. The molecule has 0 aliphatic carbocycles. The summed E-state index contributed by atoms with van der Waals surface area (Å²) < 4.78 is 29.6. The normalized spacial score (nSPS) is 13.3. The molecular formula is C22H33FN2O7S. The molecule has 186 valence electrons. The summed E-state index contributed by atoms with van der Waals surface area (Å²) in [6.07, 6.45) is -4.40. The highest BCUT2D eigenvalue weighted by atomic mass is 32.1. The van der Waals surface area contributed by atoms with E-state index < -0.39 is 60.4 Å². The Labute approximate surface area is 197 Å². The van der Waals surface area contributed by atoms with Gasteiger partial charge in [0, 0.05) is 13.5 Å². The second-order valence-corrected chi connectivity index (χ2v) is 9.94. The number of thiophene rings is 1. The van der Waals surface area contributed by atoms with Crippen molar-refractivity contribution in [3.63, 3.8) is 0 Å². The Morgan fingerprint density at radius 2 is 1.58 bits per heavy atom. The van der Waals surface area contributed by atoms with Gasteiger partial charge < -0.3 is 19.5 Å². The van der Waals surface area contributed by atoms with Crippen molar-refractivity contribution in [3.8, 4) is 0 Å². The van der Waals surface area contributed by atoms with Crippen LogP contribution in [-0.2, 0) is 23.8 Å². The maximum absolute atomic E-state index is 14.4. The van der Waals surface area contributed by atoms with Crippen molar-refractivity contribution < 1.29 is 37.8 Å². The Hall–Kier alpha value is -2.69. The highest BCUT2D eigenvalue weighted by molar-refractivity contribution is 7.18. The summed E-state index contributed by atoms with van der Waals surface area (Å²) in [5, 5.41) is 2.84. The van der Waals surface area contributed by atoms with Crippen LogP contribution in [0.25, 0.3) is 0 Å². The Bertz CT molecular complexity index is 848. The maximum Gasteiger partial charge on any atom is 0.415 e. The number of esters is 2. The van der Waals surface area contributed by atoms with E-state index in [4.69, 9.17) is 14.2 Å². The minimum Gasteiger partial charge on any atom is -0.461 e. The fraction of sp³-hybridized carbons (Fsp3) is 0.636. The second-order valence-electron chi connectivity index (χ2n) is 8.88. The van der Waals surface area contributed by atoms with Gasteiger partial charge in [0.05, 0.1) is 17.1 Å². The smallest absolute Gasteiger partial charge is 0.415 e. The van der Waals surface area contributed by atoms with Crippen LogP contribution in [0.15, 0.2) is 12.1 Å². The number of halogens is 1. The molecule has 1 aromatic heterocycles. The molecule has 0 unspecified atom stereocenters. The molecule has 33 heavy (non-hydrogen) atoms. The van der Waals surface area contributed by atoms with Gasteiger partial charge >= 0.3 is 18.0 Å². The highest BCUT2D eigenvalue weighted by Gasteiger charge is 2.32. The third-order valence-corrected chi connectivity index (χ3v) is 4.97. The molecule has 1 heterocycles. The molecule has 0 saturated carbocycles. The van der Waals surface area contributed by atoms with Gasteiger partial charge in [-0.2, -0.15) is 0 Å². The van der Waals surface area contributed by atoms with E-state index in [0.717, 1.165) is 11.3 Å². The van der Waals surface area contributed by atoms with Gasteiger partial charge in [-0.05, 0) is 60.6 Å². The molecule has 0 radical (unpaired) electrons. The molecule has 1 rings (SSSR count). The van der Waals surface area contributed by atoms with Crippen molar-refractivity contribution in [1.29, 1.82) is 0 Å². The average molecular weight is 489 g/mol. The monoisotopic (exact) mass is 488 g/mol. The van der Waals surface area contributed by atoms with E-state index in [1.807, 2.05) is 0 Å². The topological polar surface area (TPSA) is 111 Å². The molecule has 11 heteroatoms. The van der Waals surface area contributed by atoms with Crippen LogP contribution < -0.4 is 10.2 Å². The molecule has 0 aromatic carbocycles. The first-order valence-electron chi connectivity index (χ1n) is 10.5. The number of nitrogens with one attached hydrogen (secondary N) is 1. The van der Waals surface area contributed by atoms with E-state index in [1.54, 1.807) is 54.5 Å². The van der Waals surface area contributed by atoms with E-state index in [-0.39, 0.29) is 4.88 Å². The molecule has 1 aromatic rings. The van der Waals surface area contributed by atoms with Gasteiger partial charge in [0.2, 0.25) is 0 Å². The van der Waals surface area contributed by atoms with Gasteiger partial charge in [0.1, 0.15) is 16.6 Å². The average Bonchev–Trinajstić information content (AvgIpc) is 3.14. The molecule has 0 aliphatic rings. The largest absolute Gasteiger partial charge is 0.461 e. The fourth-order valence-electron chi connectivity index (χ4n) is 2.42. The molecule has 0 spiro atoms. The summed E-state index contributed by atoms with van der Waals surface area (Å²) in [4.78, 5) is 50.6. The Kier molecular flexibility index (Phi) is 10.3. The summed E-state index contributed by atoms with van der Waals surface area (Å²) >= 11 is 0.980. The van der Waals surface area contributed by atoms with Crippen LogP contribution in [0, 0.1) is 0 Å². The SMILES string of the molecule is CC(C)OC(=O)[C@H](F)C[C@H](NC(=O)c1ccc(N(C)C(=O)OC(C)(C)C)s1)C(=O)OC(C)C. The number of ether oxygens (including phenoxy) is 3. The number of anilines is 1. The van der Waals surface area contributed by atoms with Crippen molar-refractivity contribution in [3.05, 3.63) is 17.0 Å². The molecule has 0 bridgehead atoms. The van der Waals surface area contributed by atoms with Gasteiger partial charge in [0.25, 0.3) is 5.91 Å². The maximum atomic E-state index is 14.4. The van der Waals surface area contributed by atoms with Crippen LogP contribution in [0.5, 0.6) is 0 Å². The van der Waals surface area contributed by atoms with Crippen LogP contribution >= 0.6 is 11.3 Å². The number of alkyl halides is 1. The van der Waals surface area contributed by atoms with E-state index in [0.29, 0.717) is 5.00 Å². The lowest BCUT2D eigenvalue weighted by atomic mass is 10.1.